The number of aromatic nitrogens is 7. The van der Waals surface area contributed by atoms with E-state index in [4.69, 9.17) is 4.74 Å². The van der Waals surface area contributed by atoms with Crippen LogP contribution >= 0.6 is 0 Å². The van der Waals surface area contributed by atoms with Gasteiger partial charge in [0.25, 0.3) is 0 Å². The van der Waals surface area contributed by atoms with Crippen LogP contribution in [0.4, 0.5) is 0 Å². The molecule has 0 amide bonds. The third-order valence-electron chi connectivity index (χ3n) is 13.6. The van der Waals surface area contributed by atoms with Gasteiger partial charge in [-0.2, -0.15) is 0 Å². The quantitative estimate of drug-likeness (QED) is 0.0904. The summed E-state index contributed by atoms with van der Waals surface area (Å²) in [7, 11) is 1.74. The molecule has 1 aliphatic heterocycles. The van der Waals surface area contributed by atoms with E-state index >= 15 is 0 Å². The minimum absolute atomic E-state index is 0.563. The lowest BCUT2D eigenvalue weighted by molar-refractivity contribution is -0.688. The van der Waals surface area contributed by atoms with Crippen LogP contribution in [-0.2, 0) is 31.0 Å². The predicted molar refractivity (Wildman–Crippen MR) is 289 cm³/mol. The second-order valence-electron chi connectivity index (χ2n) is 18.6. The Hall–Kier alpha value is -9.11. The third-order valence-corrected chi connectivity index (χ3v) is 13.6. The van der Waals surface area contributed by atoms with Crippen molar-refractivity contribution in [1.82, 2.24) is 19.9 Å². The fraction of sp³-hybridized carbons (Fsp3) is 0.0781. The van der Waals surface area contributed by atoms with E-state index in [0.717, 1.165) is 115 Å². The summed E-state index contributed by atoms with van der Waals surface area (Å²) in [5.74, 6) is 0. The molecule has 72 heavy (non-hydrogen) atoms. The van der Waals surface area contributed by atoms with E-state index in [1.54, 1.807) is 7.11 Å². The Morgan fingerprint density at radius 3 is 0.819 bits per heavy atom. The zero-order valence-corrected chi connectivity index (χ0v) is 40.1. The van der Waals surface area contributed by atoms with Crippen molar-refractivity contribution in [2.24, 2.45) is 0 Å². The van der Waals surface area contributed by atoms with Gasteiger partial charge in [-0.25, -0.2) is 13.7 Å². The first-order chi connectivity index (χ1) is 35.5. The van der Waals surface area contributed by atoms with Crippen molar-refractivity contribution in [3.63, 3.8) is 0 Å². The average molecular weight is 937 g/mol. The summed E-state index contributed by atoms with van der Waals surface area (Å²) in [6.07, 6.45) is 21.5. The normalized spacial score (nSPS) is 11.8. The van der Waals surface area contributed by atoms with Crippen LogP contribution in [-0.4, -0.2) is 27.0 Å². The van der Waals surface area contributed by atoms with Crippen molar-refractivity contribution >= 4 is 24.3 Å². The second-order valence-corrected chi connectivity index (χ2v) is 18.6. The van der Waals surface area contributed by atoms with E-state index in [0.29, 0.717) is 6.61 Å². The summed E-state index contributed by atoms with van der Waals surface area (Å²) in [5.41, 5.74) is 21.8. The second kappa shape index (κ2) is 19.7. The molecule has 1 aliphatic rings. The number of benzene rings is 4. The molecule has 12 rings (SSSR count). The number of nitrogens with one attached hydrogen (secondary N) is 4. The number of methoxy groups -OCH3 is 1. The van der Waals surface area contributed by atoms with E-state index < -0.39 is 0 Å². The van der Waals surface area contributed by atoms with Crippen LogP contribution < -0.4 is 13.7 Å². The molecule has 0 saturated carbocycles. The number of fused-ring (bicyclic) bond motifs is 10. The van der Waals surface area contributed by atoms with Crippen LogP contribution in [0, 0.1) is 0 Å². The van der Waals surface area contributed by atoms with Gasteiger partial charge in [0.15, 0.2) is 56.8 Å². The number of nitrogens with zero attached hydrogens (tertiary/aromatic N) is 3. The summed E-state index contributed by atoms with van der Waals surface area (Å²) < 4.78 is 12.1. The number of rotatable bonds is 12. The smallest absolute Gasteiger partial charge is 0.173 e. The molecule has 8 nitrogen and oxygen atoms in total. The van der Waals surface area contributed by atoms with Gasteiger partial charge in [0.2, 0.25) is 0 Å². The van der Waals surface area contributed by atoms with Gasteiger partial charge in [0.1, 0.15) is 0 Å². The number of hydrogen-bond donors (Lipinski definition) is 4. The molecule has 4 aromatic carbocycles. The molecular weight excluding hydrogens is 883 g/mol. The topological polar surface area (TPSA) is 84.0 Å². The highest BCUT2D eigenvalue weighted by atomic mass is 16.5. The molecule has 348 valence electrons. The van der Waals surface area contributed by atoms with Crippen molar-refractivity contribution in [2.45, 2.75) is 26.2 Å². The summed E-state index contributed by atoms with van der Waals surface area (Å²) in [6.45, 7) is 2.96. The number of H-pyrrole nitrogens is 4. The van der Waals surface area contributed by atoms with Gasteiger partial charge >= 0.3 is 0 Å². The minimum atomic E-state index is 0.563. The van der Waals surface area contributed by atoms with Crippen molar-refractivity contribution in [3.05, 3.63) is 258 Å². The Morgan fingerprint density at radius 1 is 0.319 bits per heavy atom. The van der Waals surface area contributed by atoms with Gasteiger partial charge in [-0.15, -0.1) is 0 Å². The van der Waals surface area contributed by atoms with Crippen LogP contribution in [0.15, 0.2) is 213 Å². The van der Waals surface area contributed by atoms with Crippen molar-refractivity contribution in [1.29, 1.82) is 0 Å². The van der Waals surface area contributed by atoms with Crippen molar-refractivity contribution in [2.75, 3.05) is 7.11 Å². The molecule has 0 saturated heterocycles. The molecule has 0 spiro atoms. The number of ether oxygens (including phenoxy) is 1. The fourth-order valence-corrected chi connectivity index (χ4v) is 9.85. The van der Waals surface area contributed by atoms with Crippen LogP contribution in [0.5, 0.6) is 0 Å². The Morgan fingerprint density at radius 2 is 0.569 bits per heavy atom. The van der Waals surface area contributed by atoms with Gasteiger partial charge in [-0.05, 0) is 76.4 Å². The van der Waals surface area contributed by atoms with Gasteiger partial charge in [0.05, 0.1) is 29.4 Å². The molecule has 8 heteroatoms. The van der Waals surface area contributed by atoms with E-state index in [9.17, 15) is 0 Å². The Kier molecular flexibility index (Phi) is 12.1. The molecule has 0 aliphatic carbocycles. The molecule has 7 aromatic heterocycles. The predicted octanol–water partition coefficient (Wildman–Crippen LogP) is 12.8. The van der Waals surface area contributed by atoms with Gasteiger partial charge in [0, 0.05) is 105 Å². The van der Waals surface area contributed by atoms with Crippen LogP contribution in [0.25, 0.3) is 91.6 Å². The Bertz CT molecular complexity index is 3670. The molecule has 11 aromatic rings. The zero-order valence-electron chi connectivity index (χ0n) is 40.1. The summed E-state index contributed by atoms with van der Waals surface area (Å²) in [6, 6.07) is 63.2. The standard InChI is InChI=1S/C64H54N7O/c1-72-44-48-17-25-52(26-18-48)56-40-64-63-39-55(51-23-15-47(16-24-51)43-71-35-9-4-10-36-71)58(67-63)28-27-57-53(49-19-11-45(12-20-49)41-69-31-5-2-6-32-69)37-61(65-57)62-38-54(59(66-62)29-30-60(56)68-64)50-21-13-46(14-22-50)42-70-33-7-3-8-34-70/h2-40,65-68H,41-44H2,1H3/q+3. The average Bonchev–Trinajstić information content (AvgIpc) is 4.25. The van der Waals surface area contributed by atoms with Crippen LogP contribution in [0.1, 0.15) is 45.0 Å². The Balaban J connectivity index is 0.993. The SMILES string of the molecule is COCc1ccc(-c2cc3[nH]c2C=Cc2[nH]c(cc2-c2ccc(C[n+]4ccccc4)cc2)-c2cc(-c4ccc(C[n+]5ccccc5)cc4)c([nH]2)C=Cc2[nH]c-3cc2-c2ccc(C[n+]3ccccc3)cc2)cc1. The van der Waals surface area contributed by atoms with Crippen molar-refractivity contribution in [3.8, 4) is 67.3 Å². The number of hydrogen-bond acceptors (Lipinski definition) is 1. The van der Waals surface area contributed by atoms with E-state index in [-0.39, 0.29) is 0 Å². The summed E-state index contributed by atoms with van der Waals surface area (Å²) >= 11 is 0. The lowest BCUT2D eigenvalue weighted by Crippen LogP contribution is -2.32. The molecule has 0 atom stereocenters. The first-order valence-electron chi connectivity index (χ1n) is 24.5. The molecule has 8 heterocycles. The third kappa shape index (κ3) is 9.47. The highest BCUT2D eigenvalue weighted by Crippen LogP contribution is 2.39. The number of pyridine rings is 3. The minimum Gasteiger partial charge on any atom is -0.380 e. The van der Waals surface area contributed by atoms with Crippen LogP contribution in [0.2, 0.25) is 0 Å². The van der Waals surface area contributed by atoms with Crippen LogP contribution in [0.3, 0.4) is 0 Å². The monoisotopic (exact) mass is 936 g/mol. The zero-order chi connectivity index (χ0) is 48.2. The lowest BCUT2D eigenvalue weighted by atomic mass is 10.0. The maximum atomic E-state index is 5.47. The highest BCUT2D eigenvalue weighted by Gasteiger charge is 2.20. The maximum Gasteiger partial charge on any atom is 0.173 e. The molecule has 0 unspecified atom stereocenters. The first kappa shape index (κ1) is 44.1. The Labute approximate surface area is 419 Å². The molecule has 0 fully saturated rings. The molecule has 4 N–H and O–H groups in total. The fourth-order valence-electron chi connectivity index (χ4n) is 9.85. The largest absolute Gasteiger partial charge is 0.380 e. The summed E-state index contributed by atoms with van der Waals surface area (Å²) in [5, 5.41) is 0. The van der Waals surface area contributed by atoms with E-state index in [1.165, 1.54) is 16.7 Å². The van der Waals surface area contributed by atoms with E-state index in [2.05, 4.69) is 271 Å². The van der Waals surface area contributed by atoms with Gasteiger partial charge in [-0.3, -0.25) is 0 Å². The lowest BCUT2D eigenvalue weighted by Gasteiger charge is -2.05. The van der Waals surface area contributed by atoms with Gasteiger partial charge in [-0.1, -0.05) is 115 Å². The van der Waals surface area contributed by atoms with E-state index in [1.807, 2.05) is 0 Å². The molecule has 0 radical (unpaired) electrons. The first-order valence-corrected chi connectivity index (χ1v) is 24.5. The number of aromatic amines is 4. The summed E-state index contributed by atoms with van der Waals surface area (Å²) in [4.78, 5) is 15.5. The molecular formula is C64H54N7O+3. The maximum absolute atomic E-state index is 5.47. The molecule has 8 bridgehead atoms. The highest BCUT2D eigenvalue weighted by molar-refractivity contribution is 5.91. The van der Waals surface area contributed by atoms with Gasteiger partial charge < -0.3 is 24.7 Å². The van der Waals surface area contributed by atoms with Crippen molar-refractivity contribution < 1.29 is 18.4 Å².